The van der Waals surface area contributed by atoms with Gasteiger partial charge in [0.1, 0.15) is 0 Å². The lowest BCUT2D eigenvalue weighted by atomic mass is 9.89. The summed E-state index contributed by atoms with van der Waals surface area (Å²) in [6.45, 7) is 7.06. The zero-order valence-electron chi connectivity index (χ0n) is 12.2. The van der Waals surface area contributed by atoms with Crippen LogP contribution >= 0.6 is 0 Å². The van der Waals surface area contributed by atoms with E-state index >= 15 is 0 Å². The van der Waals surface area contributed by atoms with Gasteiger partial charge in [-0.2, -0.15) is 0 Å². The van der Waals surface area contributed by atoms with Gasteiger partial charge in [-0.05, 0) is 32.1 Å². The number of hydrogen-bond acceptors (Lipinski definition) is 2. The molecule has 1 atom stereocenters. The van der Waals surface area contributed by atoms with Crippen molar-refractivity contribution in [1.29, 1.82) is 0 Å². The number of urea groups is 1. The van der Waals surface area contributed by atoms with Gasteiger partial charge in [0.05, 0.1) is 6.42 Å². The van der Waals surface area contributed by atoms with Gasteiger partial charge in [-0.25, -0.2) is 4.79 Å². The van der Waals surface area contributed by atoms with E-state index in [2.05, 4.69) is 12.2 Å². The van der Waals surface area contributed by atoms with Crippen molar-refractivity contribution in [2.75, 3.05) is 13.1 Å². The molecule has 5 nitrogen and oxygen atoms in total. The highest BCUT2D eigenvalue weighted by Gasteiger charge is 2.30. The molecule has 1 saturated carbocycles. The summed E-state index contributed by atoms with van der Waals surface area (Å²) in [5.41, 5.74) is 0.213. The second-order valence-electron chi connectivity index (χ2n) is 5.91. The standard InChI is InChI=1S/C14H26N2O3/c1-4-16(11(2)9-12(17)18)13(19)15-10-14(3)7-5-6-8-14/h11H,4-10H2,1-3H3,(H,15,19)(H,17,18). The van der Waals surface area contributed by atoms with Gasteiger partial charge >= 0.3 is 12.0 Å². The molecule has 0 aromatic carbocycles. The Labute approximate surface area is 115 Å². The molecule has 0 aromatic heterocycles. The number of nitrogens with one attached hydrogen (secondary N) is 1. The molecule has 5 heteroatoms. The number of nitrogens with zero attached hydrogens (tertiary/aromatic N) is 1. The fraction of sp³-hybridized carbons (Fsp3) is 0.857. The highest BCUT2D eigenvalue weighted by Crippen LogP contribution is 2.36. The van der Waals surface area contributed by atoms with Crippen LogP contribution in [0.25, 0.3) is 0 Å². The molecule has 0 heterocycles. The minimum absolute atomic E-state index is 0.0153. The first-order chi connectivity index (χ1) is 8.88. The van der Waals surface area contributed by atoms with Crippen molar-refractivity contribution in [2.24, 2.45) is 5.41 Å². The maximum atomic E-state index is 12.1. The molecular weight excluding hydrogens is 244 g/mol. The third-order valence-corrected chi connectivity index (χ3v) is 4.08. The fourth-order valence-corrected chi connectivity index (χ4v) is 2.81. The van der Waals surface area contributed by atoms with Crippen LogP contribution in [-0.2, 0) is 4.79 Å². The minimum atomic E-state index is -0.874. The van der Waals surface area contributed by atoms with E-state index in [1.807, 2.05) is 6.92 Å². The minimum Gasteiger partial charge on any atom is -0.481 e. The van der Waals surface area contributed by atoms with Crippen molar-refractivity contribution in [3.63, 3.8) is 0 Å². The average molecular weight is 270 g/mol. The monoisotopic (exact) mass is 270 g/mol. The number of hydrogen-bond donors (Lipinski definition) is 2. The van der Waals surface area contributed by atoms with E-state index in [0.29, 0.717) is 13.1 Å². The predicted molar refractivity (Wildman–Crippen MR) is 74.1 cm³/mol. The SMILES string of the molecule is CCN(C(=O)NCC1(C)CCCC1)C(C)CC(=O)O. The van der Waals surface area contributed by atoms with Gasteiger partial charge in [0.15, 0.2) is 0 Å². The number of carbonyl (C=O) groups excluding carboxylic acids is 1. The van der Waals surface area contributed by atoms with Gasteiger partial charge < -0.3 is 15.3 Å². The average Bonchev–Trinajstić information content (AvgIpc) is 2.74. The lowest BCUT2D eigenvalue weighted by molar-refractivity contribution is -0.138. The Bertz CT molecular complexity index is 325. The van der Waals surface area contributed by atoms with Gasteiger partial charge in [-0.1, -0.05) is 19.8 Å². The normalized spacial score (nSPS) is 18.9. The first-order valence-electron chi connectivity index (χ1n) is 7.14. The predicted octanol–water partition coefficient (Wildman–Crippen LogP) is 2.46. The number of carboxylic acids is 1. The summed E-state index contributed by atoms with van der Waals surface area (Å²) in [6, 6.07) is -0.428. The molecule has 2 amide bonds. The lowest BCUT2D eigenvalue weighted by Gasteiger charge is -2.30. The van der Waals surface area contributed by atoms with Crippen LogP contribution in [0.3, 0.4) is 0 Å². The summed E-state index contributed by atoms with van der Waals surface area (Å²) >= 11 is 0. The molecule has 0 spiro atoms. The Morgan fingerprint density at radius 1 is 1.37 bits per heavy atom. The van der Waals surface area contributed by atoms with Crippen LogP contribution < -0.4 is 5.32 Å². The summed E-state index contributed by atoms with van der Waals surface area (Å²) in [5.74, 6) is -0.874. The molecule has 0 radical (unpaired) electrons. The molecule has 2 N–H and O–H groups in total. The van der Waals surface area contributed by atoms with Crippen LogP contribution in [-0.4, -0.2) is 41.1 Å². The third kappa shape index (κ3) is 4.73. The van der Waals surface area contributed by atoms with E-state index < -0.39 is 5.97 Å². The van der Waals surface area contributed by atoms with Gasteiger partial charge in [0.25, 0.3) is 0 Å². The zero-order chi connectivity index (χ0) is 14.5. The largest absolute Gasteiger partial charge is 0.481 e. The first-order valence-corrected chi connectivity index (χ1v) is 7.14. The van der Waals surface area contributed by atoms with Crippen LogP contribution in [0.2, 0.25) is 0 Å². The molecule has 1 aliphatic carbocycles. The highest BCUT2D eigenvalue weighted by molar-refractivity contribution is 5.75. The van der Waals surface area contributed by atoms with Gasteiger partial charge in [0.2, 0.25) is 0 Å². The Balaban J connectivity index is 2.47. The molecule has 1 aliphatic rings. The molecule has 1 rings (SSSR count). The van der Waals surface area contributed by atoms with E-state index in [1.165, 1.54) is 12.8 Å². The summed E-state index contributed by atoms with van der Waals surface area (Å²) in [7, 11) is 0. The number of amides is 2. The van der Waals surface area contributed by atoms with Crippen LogP contribution in [0.1, 0.15) is 52.9 Å². The van der Waals surface area contributed by atoms with Crippen LogP contribution in [0.15, 0.2) is 0 Å². The number of aliphatic carboxylic acids is 1. The van der Waals surface area contributed by atoms with E-state index in [4.69, 9.17) is 5.11 Å². The van der Waals surface area contributed by atoms with Crippen molar-refractivity contribution in [3.05, 3.63) is 0 Å². The topological polar surface area (TPSA) is 69.6 Å². The molecular formula is C14H26N2O3. The maximum Gasteiger partial charge on any atom is 0.317 e. The second kappa shape index (κ2) is 6.78. The van der Waals surface area contributed by atoms with Gasteiger partial charge in [-0.3, -0.25) is 4.79 Å². The van der Waals surface area contributed by atoms with Crippen molar-refractivity contribution in [3.8, 4) is 0 Å². The Morgan fingerprint density at radius 2 is 1.95 bits per heavy atom. The van der Waals surface area contributed by atoms with E-state index in [1.54, 1.807) is 11.8 Å². The molecule has 0 aliphatic heterocycles. The fourth-order valence-electron chi connectivity index (χ4n) is 2.81. The Hall–Kier alpha value is -1.26. The Kier molecular flexibility index (Phi) is 5.63. The summed E-state index contributed by atoms with van der Waals surface area (Å²) in [5, 5.41) is 11.8. The number of carbonyl (C=O) groups is 2. The Morgan fingerprint density at radius 3 is 2.42 bits per heavy atom. The molecule has 1 unspecified atom stereocenters. The summed E-state index contributed by atoms with van der Waals surface area (Å²) in [4.78, 5) is 24.4. The lowest BCUT2D eigenvalue weighted by Crippen LogP contribution is -2.47. The quantitative estimate of drug-likeness (QED) is 0.779. The van der Waals surface area contributed by atoms with Crippen molar-refractivity contribution in [2.45, 2.75) is 58.9 Å². The summed E-state index contributed by atoms with van der Waals surface area (Å²) < 4.78 is 0. The van der Waals surface area contributed by atoms with Crippen molar-refractivity contribution >= 4 is 12.0 Å². The van der Waals surface area contributed by atoms with Gasteiger partial charge in [-0.15, -0.1) is 0 Å². The molecule has 1 fully saturated rings. The molecule has 0 aromatic rings. The first kappa shape index (κ1) is 15.8. The molecule has 0 saturated heterocycles. The second-order valence-corrected chi connectivity index (χ2v) is 5.91. The van der Waals surface area contributed by atoms with Crippen LogP contribution in [0, 0.1) is 5.41 Å². The third-order valence-electron chi connectivity index (χ3n) is 4.08. The maximum absolute atomic E-state index is 12.1. The van der Waals surface area contributed by atoms with Crippen LogP contribution in [0.5, 0.6) is 0 Å². The highest BCUT2D eigenvalue weighted by atomic mass is 16.4. The van der Waals surface area contributed by atoms with Crippen molar-refractivity contribution in [1.82, 2.24) is 10.2 Å². The summed E-state index contributed by atoms with van der Waals surface area (Å²) in [6.07, 6.45) is 4.77. The zero-order valence-corrected chi connectivity index (χ0v) is 12.2. The molecule has 19 heavy (non-hydrogen) atoms. The van der Waals surface area contributed by atoms with E-state index in [9.17, 15) is 9.59 Å². The molecule has 110 valence electrons. The molecule has 0 bridgehead atoms. The van der Waals surface area contributed by atoms with Crippen molar-refractivity contribution < 1.29 is 14.7 Å². The van der Waals surface area contributed by atoms with E-state index in [-0.39, 0.29) is 23.9 Å². The van der Waals surface area contributed by atoms with Crippen LogP contribution in [0.4, 0.5) is 4.79 Å². The smallest absolute Gasteiger partial charge is 0.317 e. The van der Waals surface area contributed by atoms with E-state index in [0.717, 1.165) is 12.8 Å². The van der Waals surface area contributed by atoms with Gasteiger partial charge in [0, 0.05) is 19.1 Å². The number of rotatable bonds is 6. The number of carboxylic acid groups (broad SMARTS) is 1.